The number of hydrogen-bond acceptors (Lipinski definition) is 4. The lowest BCUT2D eigenvalue weighted by atomic mass is 10.1. The Morgan fingerprint density at radius 2 is 2.42 bits per heavy atom. The highest BCUT2D eigenvalue weighted by Gasteiger charge is 2.10. The average Bonchev–Trinajstić information content (AvgIpc) is 2.57. The van der Waals surface area contributed by atoms with E-state index in [1.54, 1.807) is 17.5 Å². The summed E-state index contributed by atoms with van der Waals surface area (Å²) in [6.07, 6.45) is 4.85. The molecule has 1 aliphatic rings. The minimum Gasteiger partial charge on any atom is -0.383 e. The lowest BCUT2D eigenvalue weighted by Crippen LogP contribution is -2.17. The summed E-state index contributed by atoms with van der Waals surface area (Å²) in [6.45, 7) is 0.806. The van der Waals surface area contributed by atoms with Gasteiger partial charge in [-0.3, -0.25) is 4.99 Å². The normalized spacial score (nSPS) is 17.0. The van der Waals surface area contributed by atoms with Gasteiger partial charge >= 0.3 is 0 Å². The summed E-state index contributed by atoms with van der Waals surface area (Å²) in [5.41, 5.74) is 6.72. The van der Waals surface area contributed by atoms with Crippen molar-refractivity contribution in [3.8, 4) is 0 Å². The fourth-order valence-electron chi connectivity index (χ4n) is 1.14. The zero-order valence-corrected chi connectivity index (χ0v) is 7.34. The highest BCUT2D eigenvalue weighted by Crippen LogP contribution is 2.19. The Kier molecular flexibility index (Phi) is 1.91. The lowest BCUT2D eigenvalue weighted by Gasteiger charge is -2.07. The maximum Gasteiger partial charge on any atom is 0.128 e. The molecule has 2 N–H and O–H groups in total. The molecule has 0 aliphatic carbocycles. The van der Waals surface area contributed by atoms with Gasteiger partial charge in [-0.2, -0.15) is 0 Å². The number of aliphatic imine (C=N–C) groups is 1. The molecule has 0 radical (unpaired) electrons. The van der Waals surface area contributed by atoms with E-state index in [0.29, 0.717) is 5.84 Å². The van der Waals surface area contributed by atoms with Crippen LogP contribution < -0.4 is 5.73 Å². The molecule has 0 aromatic carbocycles. The van der Waals surface area contributed by atoms with Crippen LogP contribution in [0.4, 0.5) is 0 Å². The van der Waals surface area contributed by atoms with Crippen molar-refractivity contribution in [1.29, 1.82) is 0 Å². The first-order valence-corrected chi connectivity index (χ1v) is 4.66. The smallest absolute Gasteiger partial charge is 0.128 e. The Morgan fingerprint density at radius 1 is 1.50 bits per heavy atom. The second-order valence-corrected chi connectivity index (χ2v) is 3.41. The molecule has 3 nitrogen and oxygen atoms in total. The van der Waals surface area contributed by atoms with Crippen molar-refractivity contribution in [3.05, 3.63) is 22.7 Å². The van der Waals surface area contributed by atoms with Crippen LogP contribution in [0.3, 0.4) is 0 Å². The van der Waals surface area contributed by atoms with Crippen molar-refractivity contribution in [1.82, 2.24) is 4.98 Å². The fraction of sp³-hybridized carbons (Fsp3) is 0.250. The van der Waals surface area contributed by atoms with Crippen LogP contribution in [0.5, 0.6) is 0 Å². The molecule has 0 atom stereocenters. The quantitative estimate of drug-likeness (QED) is 0.706. The molecular formula is C8H9N3S. The number of dihydropyridines is 1. The van der Waals surface area contributed by atoms with E-state index in [4.69, 9.17) is 5.73 Å². The summed E-state index contributed by atoms with van der Waals surface area (Å²) in [5.74, 6) is 0.621. The molecule has 0 fully saturated rings. The van der Waals surface area contributed by atoms with E-state index in [0.717, 1.165) is 23.5 Å². The average molecular weight is 179 g/mol. The van der Waals surface area contributed by atoms with Crippen molar-refractivity contribution in [2.24, 2.45) is 10.7 Å². The zero-order valence-electron chi connectivity index (χ0n) is 6.53. The van der Waals surface area contributed by atoms with Gasteiger partial charge in [0.25, 0.3) is 0 Å². The van der Waals surface area contributed by atoms with Gasteiger partial charge in [-0.1, -0.05) is 6.08 Å². The van der Waals surface area contributed by atoms with Crippen molar-refractivity contribution in [2.75, 3.05) is 6.54 Å². The van der Waals surface area contributed by atoms with Crippen molar-refractivity contribution >= 4 is 22.7 Å². The van der Waals surface area contributed by atoms with Gasteiger partial charge in [-0.15, -0.1) is 11.3 Å². The fourth-order valence-corrected chi connectivity index (χ4v) is 1.82. The number of rotatable bonds is 1. The summed E-state index contributed by atoms with van der Waals surface area (Å²) in [4.78, 5) is 8.34. The maximum absolute atomic E-state index is 5.72. The molecule has 4 heteroatoms. The number of hydrogen-bond donors (Lipinski definition) is 1. The van der Waals surface area contributed by atoms with Gasteiger partial charge in [0.15, 0.2) is 0 Å². The molecular weight excluding hydrogens is 170 g/mol. The predicted molar refractivity (Wildman–Crippen MR) is 51.2 cm³/mol. The predicted octanol–water partition coefficient (Wildman–Crippen LogP) is 1.29. The minimum atomic E-state index is 0.621. The summed E-state index contributed by atoms with van der Waals surface area (Å²) >= 11 is 1.59. The topological polar surface area (TPSA) is 51.3 Å². The first kappa shape index (κ1) is 7.49. The molecule has 0 saturated carbocycles. The van der Waals surface area contributed by atoms with Crippen molar-refractivity contribution in [3.63, 3.8) is 0 Å². The minimum absolute atomic E-state index is 0.621. The SMILES string of the molecule is NC1=NCCC=C1c1nccs1. The van der Waals surface area contributed by atoms with Crippen LogP contribution >= 0.6 is 11.3 Å². The zero-order chi connectivity index (χ0) is 8.39. The Hall–Kier alpha value is -1.16. The van der Waals surface area contributed by atoms with Crippen LogP contribution in [0.1, 0.15) is 11.4 Å². The van der Waals surface area contributed by atoms with Gasteiger partial charge in [-0.05, 0) is 6.42 Å². The molecule has 1 aromatic heterocycles. The number of thiazole rings is 1. The first-order chi connectivity index (χ1) is 5.88. The van der Waals surface area contributed by atoms with Gasteiger partial charge in [-0.25, -0.2) is 4.98 Å². The Balaban J connectivity index is 2.35. The summed E-state index contributed by atoms with van der Waals surface area (Å²) < 4.78 is 0. The van der Waals surface area contributed by atoms with Crippen LogP contribution in [0, 0.1) is 0 Å². The summed E-state index contributed by atoms with van der Waals surface area (Å²) in [7, 11) is 0. The lowest BCUT2D eigenvalue weighted by molar-refractivity contribution is 0.992. The first-order valence-electron chi connectivity index (χ1n) is 3.78. The standard InChI is InChI=1S/C8H9N3S/c9-7-6(2-1-3-10-7)8-11-4-5-12-8/h2,4-5H,1,3H2,(H2,9,10). The van der Waals surface area contributed by atoms with E-state index in [1.807, 2.05) is 5.38 Å². The Labute approximate surface area is 74.7 Å². The molecule has 12 heavy (non-hydrogen) atoms. The van der Waals surface area contributed by atoms with E-state index >= 15 is 0 Å². The number of aromatic nitrogens is 1. The summed E-state index contributed by atoms with van der Waals surface area (Å²) in [5, 5.41) is 2.91. The van der Waals surface area contributed by atoms with Crippen LogP contribution in [-0.2, 0) is 0 Å². The van der Waals surface area contributed by atoms with E-state index in [1.165, 1.54) is 0 Å². The van der Waals surface area contributed by atoms with E-state index in [-0.39, 0.29) is 0 Å². The third kappa shape index (κ3) is 1.25. The van der Waals surface area contributed by atoms with E-state index < -0.39 is 0 Å². The van der Waals surface area contributed by atoms with Crippen LogP contribution in [-0.4, -0.2) is 17.4 Å². The number of nitrogens with two attached hydrogens (primary N) is 1. The van der Waals surface area contributed by atoms with Crippen molar-refractivity contribution < 1.29 is 0 Å². The third-order valence-electron chi connectivity index (χ3n) is 1.70. The highest BCUT2D eigenvalue weighted by atomic mass is 32.1. The second kappa shape index (κ2) is 3.06. The van der Waals surface area contributed by atoms with Gasteiger partial charge in [0.1, 0.15) is 10.8 Å². The molecule has 0 bridgehead atoms. The molecule has 1 aromatic rings. The van der Waals surface area contributed by atoms with Crippen molar-refractivity contribution in [2.45, 2.75) is 6.42 Å². The largest absolute Gasteiger partial charge is 0.383 e. The van der Waals surface area contributed by atoms with Gasteiger partial charge < -0.3 is 5.73 Å². The Bertz CT molecular complexity index is 324. The summed E-state index contributed by atoms with van der Waals surface area (Å²) in [6, 6.07) is 0. The molecule has 62 valence electrons. The monoisotopic (exact) mass is 179 g/mol. The van der Waals surface area contributed by atoms with E-state index in [9.17, 15) is 0 Å². The van der Waals surface area contributed by atoms with Crippen LogP contribution in [0.2, 0.25) is 0 Å². The van der Waals surface area contributed by atoms with Gasteiger partial charge in [0, 0.05) is 23.7 Å². The van der Waals surface area contributed by atoms with E-state index in [2.05, 4.69) is 16.1 Å². The number of nitrogens with zero attached hydrogens (tertiary/aromatic N) is 2. The Morgan fingerprint density at radius 3 is 3.08 bits per heavy atom. The van der Waals surface area contributed by atoms with Gasteiger partial charge in [0.2, 0.25) is 0 Å². The molecule has 1 aliphatic heterocycles. The molecule has 0 amide bonds. The van der Waals surface area contributed by atoms with Gasteiger partial charge in [0.05, 0.1) is 0 Å². The molecule has 2 heterocycles. The number of amidine groups is 1. The van der Waals surface area contributed by atoms with Crippen LogP contribution in [0.25, 0.3) is 5.57 Å². The molecule has 0 saturated heterocycles. The molecule has 0 unspecified atom stereocenters. The second-order valence-electron chi connectivity index (χ2n) is 2.51. The molecule has 0 spiro atoms. The molecule has 2 rings (SSSR count). The third-order valence-corrected chi connectivity index (χ3v) is 2.50. The highest BCUT2D eigenvalue weighted by molar-refractivity contribution is 7.11. The van der Waals surface area contributed by atoms with Crippen LogP contribution in [0.15, 0.2) is 22.6 Å². The maximum atomic E-state index is 5.72.